The van der Waals surface area contributed by atoms with Gasteiger partial charge >= 0.3 is 5.97 Å². The van der Waals surface area contributed by atoms with Gasteiger partial charge in [-0.3, -0.25) is 13.8 Å². The van der Waals surface area contributed by atoms with Crippen molar-refractivity contribution in [3.63, 3.8) is 0 Å². The highest BCUT2D eigenvalue weighted by Crippen LogP contribution is 2.10. The summed E-state index contributed by atoms with van der Waals surface area (Å²) in [7, 11) is -1.27. The second-order valence-electron chi connectivity index (χ2n) is 3.48. The first-order chi connectivity index (χ1) is 7.99. The zero-order valence-electron chi connectivity index (χ0n) is 9.09. The number of amides is 1. The van der Waals surface area contributed by atoms with Crippen LogP contribution in [-0.4, -0.2) is 26.9 Å². The molecule has 0 aliphatic rings. The highest BCUT2D eigenvalue weighted by atomic mass is 32.2. The minimum atomic E-state index is -1.27. The lowest BCUT2D eigenvalue weighted by Crippen LogP contribution is -2.14. The van der Waals surface area contributed by atoms with E-state index in [-0.39, 0.29) is 18.6 Å². The van der Waals surface area contributed by atoms with Crippen molar-refractivity contribution in [2.45, 2.75) is 17.7 Å². The van der Waals surface area contributed by atoms with Gasteiger partial charge in [0.1, 0.15) is 0 Å². The molecule has 0 aromatic heterocycles. The molecule has 92 valence electrons. The third-order valence-corrected chi connectivity index (χ3v) is 3.45. The quantitative estimate of drug-likeness (QED) is 0.763. The van der Waals surface area contributed by atoms with E-state index in [1.54, 1.807) is 24.3 Å². The van der Waals surface area contributed by atoms with Crippen molar-refractivity contribution in [3.05, 3.63) is 29.8 Å². The number of rotatable bonds is 6. The molecule has 0 aliphatic heterocycles. The van der Waals surface area contributed by atoms with Crippen molar-refractivity contribution in [2.75, 3.05) is 5.75 Å². The summed E-state index contributed by atoms with van der Waals surface area (Å²) < 4.78 is 11.7. The highest BCUT2D eigenvalue weighted by molar-refractivity contribution is 7.85. The van der Waals surface area contributed by atoms with Gasteiger partial charge in [0.2, 0.25) is 5.91 Å². The summed E-state index contributed by atoms with van der Waals surface area (Å²) in [6, 6.07) is 6.45. The third-order valence-electron chi connectivity index (χ3n) is 2.08. The summed E-state index contributed by atoms with van der Waals surface area (Å²) in [6.07, 6.45) is 0.0116. The summed E-state index contributed by atoms with van der Waals surface area (Å²) in [5, 5.41) is 8.58. The first-order valence-corrected chi connectivity index (χ1v) is 6.28. The second kappa shape index (κ2) is 6.15. The van der Waals surface area contributed by atoms with E-state index in [4.69, 9.17) is 10.8 Å². The van der Waals surface area contributed by atoms with Crippen LogP contribution in [0.2, 0.25) is 0 Å². The molecule has 0 aliphatic carbocycles. The molecular weight excluding hydrogens is 242 g/mol. The molecule has 1 unspecified atom stereocenters. The molecule has 0 radical (unpaired) electrons. The van der Waals surface area contributed by atoms with Crippen molar-refractivity contribution in [2.24, 2.45) is 5.73 Å². The highest BCUT2D eigenvalue weighted by Gasteiger charge is 2.06. The van der Waals surface area contributed by atoms with Gasteiger partial charge in [-0.2, -0.15) is 0 Å². The summed E-state index contributed by atoms with van der Waals surface area (Å²) in [6.45, 7) is 0. The fourth-order valence-electron chi connectivity index (χ4n) is 1.24. The van der Waals surface area contributed by atoms with Crippen molar-refractivity contribution in [1.29, 1.82) is 0 Å². The lowest BCUT2D eigenvalue weighted by atomic mass is 10.2. The predicted octanol–water partition coefficient (Wildman–Crippen LogP) is 0.297. The Labute approximate surface area is 101 Å². The average Bonchev–Trinajstić information content (AvgIpc) is 2.26. The standard InChI is InChI=1S/C11H13NO4S/c12-10(13)5-6-17(16)9-3-1-8(2-4-9)7-11(14)15/h1-4H,5-7H2,(H2,12,13)(H,14,15). The molecule has 1 aromatic rings. The van der Waals surface area contributed by atoms with Gasteiger partial charge in [0.05, 0.1) is 17.2 Å². The number of carboxylic acid groups (broad SMARTS) is 1. The topological polar surface area (TPSA) is 97.5 Å². The molecule has 1 aromatic carbocycles. The van der Waals surface area contributed by atoms with Gasteiger partial charge in [0, 0.05) is 17.1 Å². The van der Waals surface area contributed by atoms with Gasteiger partial charge in [-0.15, -0.1) is 0 Å². The van der Waals surface area contributed by atoms with Gasteiger partial charge in [-0.25, -0.2) is 0 Å². The zero-order chi connectivity index (χ0) is 12.8. The molecule has 0 saturated carbocycles. The van der Waals surface area contributed by atoms with Crippen LogP contribution in [0.25, 0.3) is 0 Å². The van der Waals surface area contributed by atoms with E-state index in [0.717, 1.165) is 0 Å². The number of nitrogens with two attached hydrogens (primary N) is 1. The van der Waals surface area contributed by atoms with Gasteiger partial charge in [-0.05, 0) is 17.7 Å². The lowest BCUT2D eigenvalue weighted by molar-refractivity contribution is -0.136. The van der Waals surface area contributed by atoms with E-state index >= 15 is 0 Å². The van der Waals surface area contributed by atoms with Gasteiger partial charge in [0.25, 0.3) is 0 Å². The maximum Gasteiger partial charge on any atom is 0.307 e. The van der Waals surface area contributed by atoms with E-state index in [2.05, 4.69) is 0 Å². The minimum absolute atomic E-state index is 0.0613. The maximum atomic E-state index is 11.7. The number of aliphatic carboxylic acids is 1. The van der Waals surface area contributed by atoms with Crippen LogP contribution in [0.5, 0.6) is 0 Å². The third kappa shape index (κ3) is 4.78. The Hall–Kier alpha value is -1.69. The number of carbonyl (C=O) groups excluding carboxylic acids is 1. The molecule has 1 atom stereocenters. The van der Waals surface area contributed by atoms with E-state index < -0.39 is 22.7 Å². The van der Waals surface area contributed by atoms with Crippen LogP contribution in [0.4, 0.5) is 0 Å². The SMILES string of the molecule is NC(=O)CCS(=O)c1ccc(CC(=O)O)cc1. The zero-order valence-corrected chi connectivity index (χ0v) is 9.90. The molecule has 0 fully saturated rings. The van der Waals surface area contributed by atoms with E-state index in [1.807, 2.05) is 0 Å². The number of benzene rings is 1. The van der Waals surface area contributed by atoms with Gasteiger partial charge in [0.15, 0.2) is 0 Å². The molecule has 3 N–H and O–H groups in total. The van der Waals surface area contributed by atoms with Crippen LogP contribution in [0.1, 0.15) is 12.0 Å². The first kappa shape index (κ1) is 13.4. The van der Waals surface area contributed by atoms with Crippen molar-refractivity contribution in [1.82, 2.24) is 0 Å². The molecule has 1 rings (SSSR count). The largest absolute Gasteiger partial charge is 0.481 e. The monoisotopic (exact) mass is 255 g/mol. The van der Waals surface area contributed by atoms with Gasteiger partial charge < -0.3 is 10.8 Å². The average molecular weight is 255 g/mol. The Kier molecular flexibility index (Phi) is 4.84. The van der Waals surface area contributed by atoms with Crippen LogP contribution >= 0.6 is 0 Å². The smallest absolute Gasteiger partial charge is 0.307 e. The van der Waals surface area contributed by atoms with Crippen LogP contribution < -0.4 is 5.73 Å². The molecule has 0 heterocycles. The number of hydrogen-bond acceptors (Lipinski definition) is 3. The summed E-state index contributed by atoms with van der Waals surface area (Å²) in [5.74, 6) is -1.21. The van der Waals surface area contributed by atoms with Crippen LogP contribution in [-0.2, 0) is 26.8 Å². The van der Waals surface area contributed by atoms with Crippen LogP contribution in [0.3, 0.4) is 0 Å². The van der Waals surface area contributed by atoms with E-state index in [0.29, 0.717) is 10.5 Å². The molecule has 17 heavy (non-hydrogen) atoms. The summed E-state index contributed by atoms with van der Waals surface area (Å²) >= 11 is 0. The van der Waals surface area contributed by atoms with Crippen molar-refractivity contribution < 1.29 is 18.9 Å². The van der Waals surface area contributed by atoms with Crippen molar-refractivity contribution in [3.8, 4) is 0 Å². The first-order valence-electron chi connectivity index (χ1n) is 4.96. The summed E-state index contributed by atoms with van der Waals surface area (Å²) in [4.78, 5) is 21.6. The normalized spacial score (nSPS) is 12.0. The number of carbonyl (C=O) groups is 2. The summed E-state index contributed by atoms with van der Waals surface area (Å²) in [5.41, 5.74) is 5.61. The van der Waals surface area contributed by atoms with Crippen LogP contribution in [0, 0.1) is 0 Å². The molecule has 0 bridgehead atoms. The molecular formula is C11H13NO4S. The molecule has 0 spiro atoms. The predicted molar refractivity (Wildman–Crippen MR) is 62.9 cm³/mol. The Morgan fingerprint density at radius 3 is 2.29 bits per heavy atom. The molecule has 5 nitrogen and oxygen atoms in total. The number of carboxylic acids is 1. The van der Waals surface area contributed by atoms with E-state index in [9.17, 15) is 13.8 Å². The Morgan fingerprint density at radius 2 is 1.82 bits per heavy atom. The van der Waals surface area contributed by atoms with Crippen LogP contribution in [0.15, 0.2) is 29.2 Å². The van der Waals surface area contributed by atoms with Crippen molar-refractivity contribution >= 4 is 22.7 Å². The fourth-order valence-corrected chi connectivity index (χ4v) is 2.31. The van der Waals surface area contributed by atoms with Gasteiger partial charge in [-0.1, -0.05) is 12.1 Å². The Morgan fingerprint density at radius 1 is 1.24 bits per heavy atom. The number of primary amides is 1. The molecule has 6 heteroatoms. The fraction of sp³-hybridized carbons (Fsp3) is 0.273. The Bertz CT molecular complexity index is 441. The second-order valence-corrected chi connectivity index (χ2v) is 5.05. The van der Waals surface area contributed by atoms with E-state index in [1.165, 1.54) is 0 Å². The lowest BCUT2D eigenvalue weighted by Gasteiger charge is -2.02. The Balaban J connectivity index is 2.63. The number of hydrogen-bond donors (Lipinski definition) is 2. The minimum Gasteiger partial charge on any atom is -0.481 e. The molecule has 0 saturated heterocycles. The molecule has 1 amide bonds. The maximum absolute atomic E-state index is 11.7.